The van der Waals surface area contributed by atoms with Crippen molar-refractivity contribution >= 4 is 11.9 Å². The average molecular weight is 336 g/mol. The third-order valence-corrected chi connectivity index (χ3v) is 5.83. The zero-order chi connectivity index (χ0) is 17.3. The molecule has 5 heteroatoms. The molecular weight excluding hydrogens is 312 g/mol. The fraction of sp³-hybridized carbons (Fsp3) is 0.450. The van der Waals surface area contributed by atoms with Gasteiger partial charge in [-0.15, -0.1) is 0 Å². The quantitative estimate of drug-likeness (QED) is 0.936. The second kappa shape index (κ2) is 6.47. The van der Waals surface area contributed by atoms with Gasteiger partial charge in [-0.2, -0.15) is 0 Å². The molecule has 25 heavy (non-hydrogen) atoms. The van der Waals surface area contributed by atoms with Gasteiger partial charge in [0.15, 0.2) is 0 Å². The number of anilines is 1. The largest absolute Gasteiger partial charge is 0.355 e. The standard InChI is InChI=1S/C20H24N4O/c1-2-15-12-22-19(23-13-15)24-10-8-20(9-11-24)17(14-21-18(20)25)16-6-4-3-5-7-16/h3-7,12-13,17H,2,8-11,14H2,1H3,(H,21,25)/t17-/m1/s1. The molecule has 1 spiro atoms. The summed E-state index contributed by atoms with van der Waals surface area (Å²) < 4.78 is 0. The van der Waals surface area contributed by atoms with Crippen molar-refractivity contribution in [2.45, 2.75) is 32.1 Å². The summed E-state index contributed by atoms with van der Waals surface area (Å²) >= 11 is 0. The Labute approximate surface area is 148 Å². The van der Waals surface area contributed by atoms with E-state index >= 15 is 0 Å². The summed E-state index contributed by atoms with van der Waals surface area (Å²) in [6.07, 6.45) is 6.44. The minimum absolute atomic E-state index is 0.211. The van der Waals surface area contributed by atoms with E-state index in [2.05, 4.69) is 51.4 Å². The van der Waals surface area contributed by atoms with Gasteiger partial charge in [0.05, 0.1) is 5.41 Å². The van der Waals surface area contributed by atoms with E-state index in [1.165, 1.54) is 5.56 Å². The molecule has 2 aliphatic rings. The normalized spacial score (nSPS) is 22.2. The fourth-order valence-electron chi connectivity index (χ4n) is 4.22. The molecule has 4 rings (SSSR count). The van der Waals surface area contributed by atoms with Crippen LogP contribution in [0.2, 0.25) is 0 Å². The number of benzene rings is 1. The maximum Gasteiger partial charge on any atom is 0.227 e. The minimum Gasteiger partial charge on any atom is -0.355 e. The lowest BCUT2D eigenvalue weighted by Crippen LogP contribution is -2.46. The van der Waals surface area contributed by atoms with E-state index in [1.807, 2.05) is 18.5 Å². The maximum atomic E-state index is 12.7. The number of rotatable bonds is 3. The van der Waals surface area contributed by atoms with Crippen molar-refractivity contribution < 1.29 is 4.79 Å². The van der Waals surface area contributed by atoms with Crippen LogP contribution in [-0.2, 0) is 11.2 Å². The van der Waals surface area contributed by atoms with Crippen molar-refractivity contribution in [1.29, 1.82) is 0 Å². The van der Waals surface area contributed by atoms with Crippen LogP contribution in [-0.4, -0.2) is 35.5 Å². The Morgan fingerprint density at radius 3 is 2.48 bits per heavy atom. The molecule has 1 atom stereocenters. The fourth-order valence-corrected chi connectivity index (χ4v) is 4.22. The molecule has 2 saturated heterocycles. The van der Waals surface area contributed by atoms with Crippen molar-refractivity contribution in [1.82, 2.24) is 15.3 Å². The molecule has 2 aliphatic heterocycles. The van der Waals surface area contributed by atoms with Gasteiger partial charge in [-0.25, -0.2) is 9.97 Å². The molecule has 1 aromatic heterocycles. The van der Waals surface area contributed by atoms with E-state index in [1.54, 1.807) is 0 Å². The zero-order valence-corrected chi connectivity index (χ0v) is 14.6. The molecule has 0 unspecified atom stereocenters. The summed E-state index contributed by atoms with van der Waals surface area (Å²) in [6, 6.07) is 10.4. The van der Waals surface area contributed by atoms with Crippen molar-refractivity contribution in [2.24, 2.45) is 5.41 Å². The molecule has 2 aromatic rings. The Morgan fingerprint density at radius 1 is 1.16 bits per heavy atom. The molecule has 1 N–H and O–H groups in total. The summed E-state index contributed by atoms with van der Waals surface area (Å²) in [6.45, 7) is 4.49. The van der Waals surface area contributed by atoms with Crippen LogP contribution in [0.25, 0.3) is 0 Å². The lowest BCUT2D eigenvalue weighted by Gasteiger charge is -2.41. The second-order valence-electron chi connectivity index (χ2n) is 7.06. The number of amides is 1. The molecule has 1 aromatic carbocycles. The Bertz CT molecular complexity index is 736. The SMILES string of the molecule is CCc1cnc(N2CCC3(CC2)C(=O)NC[C@@H]3c2ccccc2)nc1. The third kappa shape index (κ3) is 2.77. The van der Waals surface area contributed by atoms with Gasteiger partial charge in [0.2, 0.25) is 11.9 Å². The smallest absolute Gasteiger partial charge is 0.227 e. The monoisotopic (exact) mass is 336 g/mol. The van der Waals surface area contributed by atoms with Crippen molar-refractivity contribution in [3.63, 3.8) is 0 Å². The molecule has 0 aliphatic carbocycles. The van der Waals surface area contributed by atoms with Gasteiger partial charge in [-0.3, -0.25) is 4.79 Å². The zero-order valence-electron chi connectivity index (χ0n) is 14.6. The van der Waals surface area contributed by atoms with Crippen LogP contribution in [0.4, 0.5) is 5.95 Å². The van der Waals surface area contributed by atoms with Crippen LogP contribution in [0.1, 0.15) is 36.8 Å². The molecular formula is C20H24N4O. The van der Waals surface area contributed by atoms with E-state index in [0.29, 0.717) is 0 Å². The number of carbonyl (C=O) groups excluding carboxylic acids is 1. The number of aryl methyl sites for hydroxylation is 1. The Kier molecular flexibility index (Phi) is 4.15. The van der Waals surface area contributed by atoms with Gasteiger partial charge in [0.1, 0.15) is 0 Å². The van der Waals surface area contributed by atoms with Crippen molar-refractivity contribution in [3.8, 4) is 0 Å². The van der Waals surface area contributed by atoms with Gasteiger partial charge in [-0.1, -0.05) is 37.3 Å². The lowest BCUT2D eigenvalue weighted by molar-refractivity contribution is -0.129. The summed E-state index contributed by atoms with van der Waals surface area (Å²) in [7, 11) is 0. The van der Waals surface area contributed by atoms with E-state index in [4.69, 9.17) is 0 Å². The molecule has 0 bridgehead atoms. The highest BCUT2D eigenvalue weighted by molar-refractivity contribution is 5.87. The van der Waals surface area contributed by atoms with E-state index < -0.39 is 0 Å². The number of piperidine rings is 1. The van der Waals surface area contributed by atoms with Gasteiger partial charge in [0, 0.05) is 37.9 Å². The first-order chi connectivity index (χ1) is 12.2. The number of aromatic nitrogens is 2. The highest BCUT2D eigenvalue weighted by Gasteiger charge is 2.52. The first kappa shape index (κ1) is 16.1. The van der Waals surface area contributed by atoms with E-state index in [-0.39, 0.29) is 17.2 Å². The average Bonchev–Trinajstić information content (AvgIpc) is 2.99. The number of nitrogens with zero attached hydrogens (tertiary/aromatic N) is 3. The number of carbonyl (C=O) groups is 1. The van der Waals surface area contributed by atoms with Crippen LogP contribution >= 0.6 is 0 Å². The Hall–Kier alpha value is -2.43. The Morgan fingerprint density at radius 2 is 1.84 bits per heavy atom. The summed E-state index contributed by atoms with van der Waals surface area (Å²) in [5.41, 5.74) is 2.12. The van der Waals surface area contributed by atoms with Gasteiger partial charge >= 0.3 is 0 Å². The molecule has 5 nitrogen and oxygen atoms in total. The van der Waals surface area contributed by atoms with E-state index in [0.717, 1.165) is 50.4 Å². The predicted molar refractivity (Wildman–Crippen MR) is 97.5 cm³/mol. The van der Waals surface area contributed by atoms with Crippen LogP contribution in [0.5, 0.6) is 0 Å². The van der Waals surface area contributed by atoms with Gasteiger partial charge in [-0.05, 0) is 30.4 Å². The third-order valence-electron chi connectivity index (χ3n) is 5.83. The molecule has 0 saturated carbocycles. The van der Waals surface area contributed by atoms with Crippen molar-refractivity contribution in [3.05, 3.63) is 53.9 Å². The van der Waals surface area contributed by atoms with Crippen LogP contribution in [0.3, 0.4) is 0 Å². The molecule has 1 amide bonds. The molecule has 0 radical (unpaired) electrons. The highest BCUT2D eigenvalue weighted by Crippen LogP contribution is 2.47. The van der Waals surface area contributed by atoms with Crippen LogP contribution in [0, 0.1) is 5.41 Å². The molecule has 130 valence electrons. The topological polar surface area (TPSA) is 58.1 Å². The lowest BCUT2D eigenvalue weighted by atomic mass is 9.68. The first-order valence-electron chi connectivity index (χ1n) is 9.12. The predicted octanol–water partition coefficient (Wildman–Crippen LogP) is 2.54. The minimum atomic E-state index is -0.290. The highest BCUT2D eigenvalue weighted by atomic mass is 16.2. The maximum absolute atomic E-state index is 12.7. The first-order valence-corrected chi connectivity index (χ1v) is 9.12. The second-order valence-corrected chi connectivity index (χ2v) is 7.06. The van der Waals surface area contributed by atoms with Crippen LogP contribution in [0.15, 0.2) is 42.7 Å². The number of hydrogen-bond donors (Lipinski definition) is 1. The van der Waals surface area contributed by atoms with E-state index in [9.17, 15) is 4.79 Å². The summed E-state index contributed by atoms with van der Waals surface area (Å²) in [5, 5.41) is 3.11. The number of nitrogens with one attached hydrogen (secondary N) is 1. The van der Waals surface area contributed by atoms with Gasteiger partial charge < -0.3 is 10.2 Å². The van der Waals surface area contributed by atoms with Gasteiger partial charge in [0.25, 0.3) is 0 Å². The summed E-state index contributed by atoms with van der Waals surface area (Å²) in [4.78, 5) is 23.9. The molecule has 3 heterocycles. The van der Waals surface area contributed by atoms with Crippen LogP contribution < -0.4 is 10.2 Å². The molecule has 2 fully saturated rings. The Balaban J connectivity index is 1.53. The van der Waals surface area contributed by atoms with Crippen molar-refractivity contribution in [2.75, 3.05) is 24.5 Å². The number of hydrogen-bond acceptors (Lipinski definition) is 4. The summed E-state index contributed by atoms with van der Waals surface area (Å²) in [5.74, 6) is 1.25.